The molecule has 0 saturated carbocycles. The minimum absolute atomic E-state index is 0.0651. The summed E-state index contributed by atoms with van der Waals surface area (Å²) in [4.78, 5) is 26.3. The molecule has 9 atom stereocenters. The van der Waals surface area contributed by atoms with Gasteiger partial charge in [0.15, 0.2) is 35.1 Å². The Balaban J connectivity index is 1.58. The van der Waals surface area contributed by atoms with Crippen LogP contribution in [-0.4, -0.2) is 95.7 Å². The third kappa shape index (κ3) is 4.89. The highest BCUT2D eigenvalue weighted by Crippen LogP contribution is 2.45. The normalized spacial score (nSPS) is 32.3. The van der Waals surface area contributed by atoms with E-state index in [0.29, 0.717) is 0 Å². The second-order valence-electron chi connectivity index (χ2n) is 10.1. The summed E-state index contributed by atoms with van der Waals surface area (Å²) in [5.74, 6) is -3.42. The summed E-state index contributed by atoms with van der Waals surface area (Å²) in [7, 11) is 0. The Hall–Kier alpha value is -3.76. The molecular formula is C27H28O14. The largest absolute Gasteiger partial charge is 0.507 e. The van der Waals surface area contributed by atoms with Crippen molar-refractivity contribution in [1.82, 2.24) is 0 Å². The number of hydrogen-bond donors (Lipinski definition) is 8. The lowest BCUT2D eigenvalue weighted by molar-refractivity contribution is -0.314. The van der Waals surface area contributed by atoms with Gasteiger partial charge >= 0.3 is 0 Å². The minimum Gasteiger partial charge on any atom is -0.507 e. The number of phenolic OH excluding ortho intramolecular Hbond substituents is 4. The van der Waals surface area contributed by atoms with Gasteiger partial charge < -0.3 is 59.5 Å². The van der Waals surface area contributed by atoms with Crippen molar-refractivity contribution in [2.75, 3.05) is 0 Å². The molecule has 3 heterocycles. The van der Waals surface area contributed by atoms with E-state index in [0.717, 1.165) is 18.2 Å². The number of benzene rings is 2. The first-order valence-electron chi connectivity index (χ1n) is 12.6. The molecule has 14 nitrogen and oxygen atoms in total. The van der Waals surface area contributed by atoms with E-state index < -0.39 is 100 Å². The van der Waals surface area contributed by atoms with Gasteiger partial charge in [-0.25, -0.2) is 0 Å². The Kier molecular flexibility index (Phi) is 7.42. The Morgan fingerprint density at radius 3 is 2.17 bits per heavy atom. The monoisotopic (exact) mass is 576 g/mol. The average molecular weight is 577 g/mol. The number of rotatable bonds is 4. The maximum absolute atomic E-state index is 13.1. The number of carbonyl (C=O) groups excluding carboxylic acids is 1. The number of aliphatic hydroxyl groups is 4. The van der Waals surface area contributed by atoms with Gasteiger partial charge in [0.05, 0.1) is 17.8 Å². The van der Waals surface area contributed by atoms with Crippen LogP contribution in [0, 0.1) is 0 Å². The molecule has 220 valence electrons. The van der Waals surface area contributed by atoms with E-state index in [1.54, 1.807) is 0 Å². The van der Waals surface area contributed by atoms with Crippen LogP contribution in [0.2, 0.25) is 0 Å². The zero-order valence-electron chi connectivity index (χ0n) is 21.6. The maximum atomic E-state index is 13.1. The van der Waals surface area contributed by atoms with E-state index >= 15 is 0 Å². The van der Waals surface area contributed by atoms with Crippen molar-refractivity contribution in [3.63, 3.8) is 0 Å². The number of aromatic hydroxyl groups is 4. The fraction of sp³-hybridized carbons (Fsp3) is 0.407. The van der Waals surface area contributed by atoms with E-state index in [1.807, 2.05) is 0 Å². The van der Waals surface area contributed by atoms with Gasteiger partial charge in [-0.2, -0.15) is 0 Å². The molecule has 41 heavy (non-hydrogen) atoms. The number of ether oxygens (including phenoxy) is 3. The van der Waals surface area contributed by atoms with Gasteiger partial charge in [-0.1, -0.05) is 0 Å². The average Bonchev–Trinajstić information content (AvgIpc) is 2.92. The van der Waals surface area contributed by atoms with Gasteiger partial charge in [0, 0.05) is 17.7 Å². The topological polar surface area (TPSA) is 237 Å². The number of phenols is 4. The van der Waals surface area contributed by atoms with Crippen molar-refractivity contribution in [2.45, 2.75) is 69.0 Å². The molecule has 2 aromatic carbocycles. The van der Waals surface area contributed by atoms with Gasteiger partial charge in [0.2, 0.25) is 0 Å². The van der Waals surface area contributed by atoms with Gasteiger partial charge in [-0.05, 0) is 32.0 Å². The first-order valence-corrected chi connectivity index (χ1v) is 12.6. The van der Waals surface area contributed by atoms with Crippen molar-refractivity contribution >= 4 is 16.8 Å². The van der Waals surface area contributed by atoms with Crippen LogP contribution in [0.4, 0.5) is 0 Å². The molecule has 8 N–H and O–H groups in total. The van der Waals surface area contributed by atoms with Crippen LogP contribution in [0.25, 0.3) is 22.3 Å². The molecule has 2 aliphatic rings. The zero-order valence-corrected chi connectivity index (χ0v) is 21.6. The number of ketones is 1. The Labute approximate surface area is 230 Å². The lowest BCUT2D eigenvalue weighted by atomic mass is 9.90. The summed E-state index contributed by atoms with van der Waals surface area (Å²) in [6.45, 7) is 2.74. The molecule has 0 amide bonds. The standard InChI is InChI=1S/C27H28O14/c1-8-20(33)23(36)26(41-27-24(37)22(35)19(32)9(2)39-27)25(38-8)18-14(31)7-16-17(21(18)34)13(30)6-15(40-16)10-3-4-11(28)12(29)5-10/h3-9,19-20,22,24-29,31-35,37H,1-2H3/t8-,9+,19+,20-,22-,24-,25+,26-,27+/m1/s1. The van der Waals surface area contributed by atoms with E-state index in [1.165, 1.54) is 26.0 Å². The Morgan fingerprint density at radius 1 is 0.780 bits per heavy atom. The van der Waals surface area contributed by atoms with E-state index in [-0.39, 0.29) is 16.9 Å². The molecule has 0 bridgehead atoms. The third-order valence-electron chi connectivity index (χ3n) is 7.30. The van der Waals surface area contributed by atoms with Gasteiger partial charge in [-0.15, -0.1) is 0 Å². The van der Waals surface area contributed by atoms with E-state index in [2.05, 4.69) is 0 Å². The summed E-state index contributed by atoms with van der Waals surface area (Å²) < 4.78 is 22.5. The van der Waals surface area contributed by atoms with Crippen LogP contribution in [0.3, 0.4) is 0 Å². The van der Waals surface area contributed by atoms with Crippen molar-refractivity contribution in [3.05, 3.63) is 46.1 Å². The number of carbonyl (C=O) groups is 1. The maximum Gasteiger partial charge on any atom is 0.197 e. The molecule has 14 heteroatoms. The van der Waals surface area contributed by atoms with Crippen LogP contribution in [0.5, 0.6) is 23.0 Å². The molecule has 3 aromatic rings. The summed E-state index contributed by atoms with van der Waals surface area (Å²) in [5, 5.41) is 82.0. The molecule has 1 aromatic heterocycles. The second-order valence-corrected chi connectivity index (χ2v) is 10.1. The summed E-state index contributed by atoms with van der Waals surface area (Å²) >= 11 is 0. The highest BCUT2D eigenvalue weighted by molar-refractivity contribution is 5.92. The zero-order chi connectivity index (χ0) is 29.9. The molecule has 2 aliphatic heterocycles. The number of hydrogen-bond acceptors (Lipinski definition) is 14. The van der Waals surface area contributed by atoms with E-state index in [4.69, 9.17) is 18.6 Å². The Bertz CT molecular complexity index is 1550. The number of Topliss-reactive ketones (excluding diaryl/α,β-unsaturated/α-hetero) is 1. The van der Waals surface area contributed by atoms with Crippen molar-refractivity contribution in [3.8, 4) is 34.3 Å². The lowest BCUT2D eigenvalue weighted by Gasteiger charge is -2.43. The van der Waals surface area contributed by atoms with Gasteiger partial charge in [-0.3, -0.25) is 9.59 Å². The number of aliphatic hydroxyl groups excluding tert-OH is 4. The van der Waals surface area contributed by atoms with Gasteiger partial charge in [0.25, 0.3) is 0 Å². The van der Waals surface area contributed by atoms with Gasteiger partial charge in [0.1, 0.15) is 58.7 Å². The van der Waals surface area contributed by atoms with Crippen molar-refractivity contribution in [2.24, 2.45) is 0 Å². The smallest absolute Gasteiger partial charge is 0.197 e. The highest BCUT2D eigenvalue weighted by atomic mass is 16.7. The molecule has 0 unspecified atom stereocenters. The first-order chi connectivity index (χ1) is 19.3. The fourth-order valence-corrected chi connectivity index (χ4v) is 4.96. The SMILES string of the molecule is C[C@@H]1O[C@@H](O[C@@H]2C(=O)[C@H](O)[C@@H](C)O[C@H]2c2c(O)cc3oc(-c4ccc(O)c(O)c4)cc(=O)c3c2O)[C@H](O)[C@H](O)[C@H]1O. The quantitative estimate of drug-likeness (QED) is 0.189. The minimum atomic E-state index is -1.82. The predicted molar refractivity (Wildman–Crippen MR) is 136 cm³/mol. The molecule has 0 aliphatic carbocycles. The van der Waals surface area contributed by atoms with Crippen molar-refractivity contribution < 1.29 is 64.3 Å². The first kappa shape index (κ1) is 28.8. The van der Waals surface area contributed by atoms with Crippen LogP contribution in [0.1, 0.15) is 25.5 Å². The summed E-state index contributed by atoms with van der Waals surface area (Å²) in [6, 6.07) is 5.67. The van der Waals surface area contributed by atoms with Crippen LogP contribution < -0.4 is 5.43 Å². The van der Waals surface area contributed by atoms with Crippen molar-refractivity contribution in [1.29, 1.82) is 0 Å². The summed E-state index contributed by atoms with van der Waals surface area (Å²) in [5.41, 5.74) is -1.32. The predicted octanol–water partition coefficient (Wildman–Crippen LogP) is -0.115. The lowest BCUT2D eigenvalue weighted by Crippen LogP contribution is -2.60. The van der Waals surface area contributed by atoms with Crippen LogP contribution >= 0.6 is 0 Å². The molecular weight excluding hydrogens is 548 g/mol. The third-order valence-corrected chi connectivity index (χ3v) is 7.30. The Morgan fingerprint density at radius 2 is 1.49 bits per heavy atom. The molecule has 5 rings (SSSR count). The fourth-order valence-electron chi connectivity index (χ4n) is 4.96. The second kappa shape index (κ2) is 10.6. The molecule has 2 fully saturated rings. The van der Waals surface area contributed by atoms with E-state index in [9.17, 15) is 50.4 Å². The highest BCUT2D eigenvalue weighted by Gasteiger charge is 2.50. The molecule has 2 saturated heterocycles. The summed E-state index contributed by atoms with van der Waals surface area (Å²) in [6.07, 6.45) is -14.1. The van der Waals surface area contributed by atoms with Crippen LogP contribution in [0.15, 0.2) is 39.5 Å². The molecule has 0 radical (unpaired) electrons. The number of fused-ring (bicyclic) bond motifs is 1. The molecule has 0 spiro atoms. The van der Waals surface area contributed by atoms with Crippen LogP contribution in [-0.2, 0) is 19.0 Å².